The third-order valence-electron chi connectivity index (χ3n) is 3.95. The SMILES string of the molecule is COc1ccc(CN(C(=O)C[C@@H]2SC(=O)NC2=O)C2CC2)cc1. The number of rotatable bonds is 6. The van der Waals surface area contributed by atoms with Crippen molar-refractivity contribution in [2.75, 3.05) is 7.11 Å². The van der Waals surface area contributed by atoms with Crippen LogP contribution in [0.5, 0.6) is 5.75 Å². The van der Waals surface area contributed by atoms with Crippen molar-refractivity contribution in [3.63, 3.8) is 0 Å². The average molecular weight is 334 g/mol. The van der Waals surface area contributed by atoms with E-state index in [1.807, 2.05) is 29.2 Å². The highest BCUT2D eigenvalue weighted by atomic mass is 32.2. The first kappa shape index (κ1) is 15.9. The van der Waals surface area contributed by atoms with Crippen molar-refractivity contribution in [3.05, 3.63) is 29.8 Å². The van der Waals surface area contributed by atoms with E-state index in [0.29, 0.717) is 6.54 Å². The molecule has 0 unspecified atom stereocenters. The third kappa shape index (κ3) is 3.85. The molecule has 1 aromatic rings. The number of benzene rings is 1. The van der Waals surface area contributed by atoms with Crippen molar-refractivity contribution in [1.82, 2.24) is 10.2 Å². The Morgan fingerprint density at radius 1 is 1.30 bits per heavy atom. The number of hydrogen-bond acceptors (Lipinski definition) is 5. The molecule has 2 aliphatic rings. The van der Waals surface area contributed by atoms with Gasteiger partial charge in [0.1, 0.15) is 11.0 Å². The lowest BCUT2D eigenvalue weighted by atomic mass is 10.1. The molecule has 3 rings (SSSR count). The molecule has 0 radical (unpaired) electrons. The van der Waals surface area contributed by atoms with Crippen molar-refractivity contribution in [2.45, 2.75) is 37.1 Å². The Hall–Kier alpha value is -2.02. The second-order valence-corrected chi connectivity index (χ2v) is 6.86. The van der Waals surface area contributed by atoms with Gasteiger partial charge in [-0.3, -0.25) is 19.7 Å². The lowest BCUT2D eigenvalue weighted by molar-refractivity contribution is -0.134. The van der Waals surface area contributed by atoms with E-state index in [-0.39, 0.29) is 29.5 Å². The largest absolute Gasteiger partial charge is 0.497 e. The van der Waals surface area contributed by atoms with Crippen LogP contribution in [-0.4, -0.2) is 40.4 Å². The topological polar surface area (TPSA) is 75.7 Å². The Morgan fingerprint density at radius 2 is 2.00 bits per heavy atom. The van der Waals surface area contributed by atoms with Crippen molar-refractivity contribution in [1.29, 1.82) is 0 Å². The zero-order valence-corrected chi connectivity index (χ0v) is 13.6. The predicted octanol–water partition coefficient (Wildman–Crippen LogP) is 1.93. The Balaban J connectivity index is 1.65. The van der Waals surface area contributed by atoms with E-state index in [9.17, 15) is 14.4 Å². The number of hydrogen-bond donors (Lipinski definition) is 1. The number of nitrogens with one attached hydrogen (secondary N) is 1. The average Bonchev–Trinajstić information content (AvgIpc) is 3.32. The van der Waals surface area contributed by atoms with Crippen LogP contribution in [0.1, 0.15) is 24.8 Å². The Morgan fingerprint density at radius 3 is 2.52 bits per heavy atom. The van der Waals surface area contributed by atoms with Gasteiger partial charge in [-0.25, -0.2) is 0 Å². The second-order valence-electron chi connectivity index (χ2n) is 5.69. The molecular formula is C16H18N2O4S. The van der Waals surface area contributed by atoms with Crippen LogP contribution in [0, 0.1) is 0 Å². The Kier molecular flexibility index (Phi) is 4.56. The van der Waals surface area contributed by atoms with Gasteiger partial charge in [-0.15, -0.1) is 0 Å². The quantitative estimate of drug-likeness (QED) is 0.860. The second kappa shape index (κ2) is 6.62. The van der Waals surface area contributed by atoms with Crippen LogP contribution < -0.4 is 10.1 Å². The molecule has 0 spiro atoms. The van der Waals surface area contributed by atoms with Crippen LogP contribution in [0.15, 0.2) is 24.3 Å². The summed E-state index contributed by atoms with van der Waals surface area (Å²) in [4.78, 5) is 37.2. The number of amides is 3. The summed E-state index contributed by atoms with van der Waals surface area (Å²) in [7, 11) is 1.61. The van der Waals surface area contributed by atoms with Gasteiger partial charge in [0.2, 0.25) is 11.8 Å². The number of nitrogens with zero attached hydrogens (tertiary/aromatic N) is 1. The van der Waals surface area contributed by atoms with E-state index in [0.717, 1.165) is 35.9 Å². The normalized spacial score (nSPS) is 20.3. The molecule has 6 nitrogen and oxygen atoms in total. The van der Waals surface area contributed by atoms with Crippen LogP contribution in [-0.2, 0) is 16.1 Å². The third-order valence-corrected chi connectivity index (χ3v) is 4.93. The Bertz CT molecular complexity index is 627. The molecule has 1 aliphatic carbocycles. The number of ether oxygens (including phenoxy) is 1. The highest BCUT2D eigenvalue weighted by Crippen LogP contribution is 2.31. The van der Waals surface area contributed by atoms with Crippen LogP contribution in [0.4, 0.5) is 4.79 Å². The van der Waals surface area contributed by atoms with Crippen molar-refractivity contribution < 1.29 is 19.1 Å². The lowest BCUT2D eigenvalue weighted by Crippen LogP contribution is -2.36. The molecule has 7 heteroatoms. The summed E-state index contributed by atoms with van der Waals surface area (Å²) in [5, 5.41) is 1.24. The van der Waals surface area contributed by atoms with Crippen molar-refractivity contribution in [3.8, 4) is 5.75 Å². The highest BCUT2D eigenvalue weighted by Gasteiger charge is 2.38. The zero-order valence-electron chi connectivity index (χ0n) is 12.8. The van der Waals surface area contributed by atoms with Gasteiger partial charge in [-0.05, 0) is 30.5 Å². The van der Waals surface area contributed by atoms with Gasteiger partial charge in [0, 0.05) is 19.0 Å². The molecule has 0 bridgehead atoms. The maximum Gasteiger partial charge on any atom is 0.286 e. The molecule has 0 aromatic heterocycles. The minimum absolute atomic E-state index is 0.0644. The lowest BCUT2D eigenvalue weighted by Gasteiger charge is -2.23. The van der Waals surface area contributed by atoms with Gasteiger partial charge in [-0.1, -0.05) is 23.9 Å². The van der Waals surface area contributed by atoms with Gasteiger partial charge in [-0.2, -0.15) is 0 Å². The molecule has 1 N–H and O–H groups in total. The summed E-state index contributed by atoms with van der Waals surface area (Å²) in [6, 6.07) is 7.84. The minimum atomic E-state index is -0.605. The summed E-state index contributed by atoms with van der Waals surface area (Å²) in [5.74, 6) is 0.329. The number of carbonyl (C=O) groups excluding carboxylic acids is 3. The fraction of sp³-hybridized carbons (Fsp3) is 0.438. The van der Waals surface area contributed by atoms with Gasteiger partial charge in [0.15, 0.2) is 0 Å². The maximum atomic E-state index is 12.6. The summed E-state index contributed by atoms with van der Waals surface area (Å²) >= 11 is 0.899. The Labute approximate surface area is 138 Å². The fourth-order valence-corrected chi connectivity index (χ4v) is 3.35. The monoisotopic (exact) mass is 334 g/mol. The summed E-state index contributed by atoms with van der Waals surface area (Å²) in [5.41, 5.74) is 1.02. The molecule has 23 heavy (non-hydrogen) atoms. The molecule has 1 atom stereocenters. The van der Waals surface area contributed by atoms with Gasteiger partial charge < -0.3 is 9.64 Å². The van der Waals surface area contributed by atoms with E-state index >= 15 is 0 Å². The summed E-state index contributed by atoms with van der Waals surface area (Å²) in [6.45, 7) is 0.514. The fourth-order valence-electron chi connectivity index (χ4n) is 2.54. The summed E-state index contributed by atoms with van der Waals surface area (Å²) in [6.07, 6.45) is 2.05. The van der Waals surface area contributed by atoms with Crippen LogP contribution >= 0.6 is 11.8 Å². The van der Waals surface area contributed by atoms with Crippen molar-refractivity contribution >= 4 is 28.8 Å². The molecule has 1 saturated heterocycles. The molecule has 1 aromatic carbocycles. The van der Waals surface area contributed by atoms with Gasteiger partial charge in [0.05, 0.1) is 7.11 Å². The van der Waals surface area contributed by atoms with E-state index < -0.39 is 5.25 Å². The predicted molar refractivity (Wildman–Crippen MR) is 86.1 cm³/mol. The standard InChI is InChI=1S/C16H18N2O4S/c1-22-12-6-2-10(3-7-12)9-18(11-4-5-11)14(19)8-13-15(20)17-16(21)23-13/h2-3,6-7,11,13H,4-5,8-9H2,1H3,(H,17,20,21)/t13-/m0/s1. The van der Waals surface area contributed by atoms with Gasteiger partial charge >= 0.3 is 0 Å². The molecule has 3 amide bonds. The van der Waals surface area contributed by atoms with Crippen LogP contribution in [0.3, 0.4) is 0 Å². The zero-order chi connectivity index (χ0) is 16.4. The molecule has 1 heterocycles. The molecule has 122 valence electrons. The number of methoxy groups -OCH3 is 1. The smallest absolute Gasteiger partial charge is 0.286 e. The van der Waals surface area contributed by atoms with E-state index in [4.69, 9.17) is 4.74 Å². The van der Waals surface area contributed by atoms with E-state index in [1.54, 1.807) is 7.11 Å². The number of imide groups is 1. The summed E-state index contributed by atoms with van der Waals surface area (Å²) < 4.78 is 5.13. The van der Waals surface area contributed by atoms with Crippen molar-refractivity contribution in [2.24, 2.45) is 0 Å². The number of carbonyl (C=O) groups is 3. The van der Waals surface area contributed by atoms with Crippen LogP contribution in [0.2, 0.25) is 0 Å². The molecule has 2 fully saturated rings. The van der Waals surface area contributed by atoms with Gasteiger partial charge in [0.25, 0.3) is 5.24 Å². The first-order valence-corrected chi connectivity index (χ1v) is 8.38. The first-order valence-electron chi connectivity index (χ1n) is 7.50. The molecule has 1 saturated carbocycles. The molecule has 1 aliphatic heterocycles. The van der Waals surface area contributed by atoms with E-state index in [1.165, 1.54) is 0 Å². The highest BCUT2D eigenvalue weighted by molar-refractivity contribution is 8.15. The van der Waals surface area contributed by atoms with Crippen LogP contribution in [0.25, 0.3) is 0 Å². The minimum Gasteiger partial charge on any atom is -0.497 e. The number of thioether (sulfide) groups is 1. The van der Waals surface area contributed by atoms with E-state index in [2.05, 4.69) is 5.32 Å². The molecular weight excluding hydrogens is 316 g/mol. The maximum absolute atomic E-state index is 12.6. The first-order chi connectivity index (χ1) is 11.1.